The monoisotopic (exact) mass is 234 g/mol. The van der Waals surface area contributed by atoms with Crippen LogP contribution in [0.4, 0.5) is 4.79 Å². The number of carbonyl (C=O) groups excluding carboxylic acids is 1. The number of amides is 2. The molecule has 0 spiro atoms. The number of rotatable bonds is 4. The van der Waals surface area contributed by atoms with Gasteiger partial charge in [0.25, 0.3) is 0 Å². The number of hydrogen-bond acceptors (Lipinski definition) is 2. The van der Waals surface area contributed by atoms with Crippen LogP contribution in [0.1, 0.15) is 25.0 Å². The number of benzene rings is 1. The maximum atomic E-state index is 11.3. The van der Waals surface area contributed by atoms with Crippen molar-refractivity contribution in [2.24, 2.45) is 0 Å². The molecule has 0 aromatic heterocycles. The van der Waals surface area contributed by atoms with Gasteiger partial charge in [-0.2, -0.15) is 0 Å². The average molecular weight is 234 g/mol. The third-order valence-electron chi connectivity index (χ3n) is 2.15. The molecule has 1 aromatic carbocycles. The van der Waals surface area contributed by atoms with E-state index in [2.05, 4.69) is 10.6 Å². The third kappa shape index (κ3) is 5.17. The van der Waals surface area contributed by atoms with Crippen LogP contribution < -0.4 is 10.6 Å². The fourth-order valence-electron chi connectivity index (χ4n) is 1.21. The Morgan fingerprint density at radius 1 is 1.24 bits per heavy atom. The zero-order valence-corrected chi connectivity index (χ0v) is 10.2. The van der Waals surface area contributed by atoms with E-state index in [1.165, 1.54) is 0 Å². The number of aliphatic hydroxyl groups is 1. The maximum absolute atomic E-state index is 11.3. The number of urea groups is 1. The van der Waals surface area contributed by atoms with Crippen molar-refractivity contribution in [1.82, 2.24) is 10.6 Å². The molecule has 0 fully saturated rings. The summed E-state index contributed by atoms with van der Waals surface area (Å²) >= 11 is 0. The van der Waals surface area contributed by atoms with Crippen LogP contribution in [0.2, 0.25) is 0 Å². The molecule has 0 radical (unpaired) electrons. The van der Waals surface area contributed by atoms with Crippen LogP contribution in [-0.4, -0.2) is 11.1 Å². The van der Waals surface area contributed by atoms with E-state index in [-0.39, 0.29) is 12.6 Å². The molecule has 0 aliphatic heterocycles. The van der Waals surface area contributed by atoms with E-state index >= 15 is 0 Å². The third-order valence-corrected chi connectivity index (χ3v) is 2.15. The van der Waals surface area contributed by atoms with E-state index in [0.29, 0.717) is 6.54 Å². The first-order valence-corrected chi connectivity index (χ1v) is 5.48. The quantitative estimate of drug-likeness (QED) is 0.745. The van der Waals surface area contributed by atoms with Gasteiger partial charge in [-0.25, -0.2) is 4.79 Å². The number of aliphatic hydroxyl groups excluding tert-OH is 1. The van der Waals surface area contributed by atoms with E-state index < -0.39 is 0 Å². The second-order valence-corrected chi connectivity index (χ2v) is 4.02. The van der Waals surface area contributed by atoms with E-state index in [9.17, 15) is 4.79 Å². The first-order chi connectivity index (χ1) is 8.11. The van der Waals surface area contributed by atoms with Gasteiger partial charge >= 0.3 is 6.03 Å². The van der Waals surface area contributed by atoms with Gasteiger partial charge in [-0.1, -0.05) is 29.8 Å². The smallest absolute Gasteiger partial charge is 0.319 e. The van der Waals surface area contributed by atoms with Gasteiger partial charge in [0.15, 0.2) is 0 Å². The van der Waals surface area contributed by atoms with Crippen molar-refractivity contribution in [3.8, 4) is 0 Å². The van der Waals surface area contributed by atoms with Crippen molar-refractivity contribution in [1.29, 1.82) is 0 Å². The normalized spacial score (nSPS) is 9.59. The lowest BCUT2D eigenvalue weighted by atomic mass is 10.1. The first-order valence-electron chi connectivity index (χ1n) is 5.48. The summed E-state index contributed by atoms with van der Waals surface area (Å²) in [7, 11) is 0. The molecule has 0 saturated heterocycles. The zero-order chi connectivity index (χ0) is 12.7. The van der Waals surface area contributed by atoms with Gasteiger partial charge in [0.05, 0.1) is 6.61 Å². The Hall–Kier alpha value is -1.81. The van der Waals surface area contributed by atoms with Crippen LogP contribution in [0.3, 0.4) is 0 Å². The molecule has 4 nitrogen and oxygen atoms in total. The molecule has 4 heteroatoms. The first kappa shape index (κ1) is 13.3. The Morgan fingerprint density at radius 3 is 2.35 bits per heavy atom. The van der Waals surface area contributed by atoms with Gasteiger partial charge in [-0.15, -0.1) is 0 Å². The summed E-state index contributed by atoms with van der Waals surface area (Å²) in [5, 5.41) is 14.2. The highest BCUT2D eigenvalue weighted by Crippen LogP contribution is 2.03. The summed E-state index contributed by atoms with van der Waals surface area (Å²) in [6.45, 7) is 4.32. The molecule has 0 heterocycles. The van der Waals surface area contributed by atoms with Crippen LogP contribution in [0.5, 0.6) is 0 Å². The molecule has 1 rings (SSSR count). The average Bonchev–Trinajstić information content (AvgIpc) is 2.34. The van der Waals surface area contributed by atoms with Crippen LogP contribution >= 0.6 is 0 Å². The highest BCUT2D eigenvalue weighted by Gasteiger charge is 1.98. The second-order valence-electron chi connectivity index (χ2n) is 4.02. The molecule has 17 heavy (non-hydrogen) atoms. The molecule has 0 saturated carbocycles. The summed E-state index contributed by atoms with van der Waals surface area (Å²) in [4.78, 5) is 11.3. The minimum Gasteiger partial charge on any atom is -0.392 e. The van der Waals surface area contributed by atoms with Gasteiger partial charge in [0.2, 0.25) is 0 Å². The van der Waals surface area contributed by atoms with Crippen LogP contribution in [-0.2, 0) is 13.2 Å². The Morgan fingerprint density at radius 2 is 1.82 bits per heavy atom. The van der Waals surface area contributed by atoms with E-state index in [1.54, 1.807) is 6.20 Å². The predicted molar refractivity (Wildman–Crippen MR) is 67.2 cm³/mol. The summed E-state index contributed by atoms with van der Waals surface area (Å²) < 4.78 is 0. The largest absolute Gasteiger partial charge is 0.392 e. The lowest BCUT2D eigenvalue weighted by Crippen LogP contribution is -2.31. The number of nitrogens with one attached hydrogen (secondary N) is 2. The summed E-state index contributed by atoms with van der Waals surface area (Å²) in [5.74, 6) is 0. The molecular weight excluding hydrogens is 216 g/mol. The molecule has 2 amide bonds. The fraction of sp³-hybridized carbons (Fsp3) is 0.308. The molecule has 0 aliphatic carbocycles. The van der Waals surface area contributed by atoms with E-state index in [0.717, 1.165) is 16.7 Å². The molecule has 92 valence electrons. The molecule has 0 bridgehead atoms. The van der Waals surface area contributed by atoms with Crippen molar-refractivity contribution in [3.05, 3.63) is 47.2 Å². The van der Waals surface area contributed by atoms with E-state index in [4.69, 9.17) is 5.11 Å². The summed E-state index contributed by atoms with van der Waals surface area (Å²) in [6, 6.07) is 7.22. The molecule has 0 atom stereocenters. The number of hydrogen-bond donors (Lipinski definition) is 3. The zero-order valence-electron chi connectivity index (χ0n) is 10.2. The van der Waals surface area contributed by atoms with Crippen LogP contribution in [0, 0.1) is 0 Å². The number of allylic oxidation sites excluding steroid dienone is 1. The van der Waals surface area contributed by atoms with Gasteiger partial charge < -0.3 is 15.7 Å². The maximum Gasteiger partial charge on any atom is 0.319 e. The lowest BCUT2D eigenvalue weighted by Gasteiger charge is -2.05. The molecule has 3 N–H and O–H groups in total. The second kappa shape index (κ2) is 6.70. The highest BCUT2D eigenvalue weighted by molar-refractivity contribution is 5.74. The Kier molecular flexibility index (Phi) is 5.23. The molecule has 0 unspecified atom stereocenters. The Balaban J connectivity index is 2.39. The topological polar surface area (TPSA) is 61.4 Å². The summed E-state index contributed by atoms with van der Waals surface area (Å²) in [6.07, 6.45) is 1.66. The minimum atomic E-state index is -0.225. The predicted octanol–water partition coefficient (Wildman–Crippen LogP) is 1.90. The fourth-order valence-corrected chi connectivity index (χ4v) is 1.21. The minimum absolute atomic E-state index is 0.0365. The highest BCUT2D eigenvalue weighted by atomic mass is 16.3. The Bertz CT molecular complexity index is 392. The standard InChI is InChI=1S/C13H18N2O2/c1-10(2)7-14-13(17)15-8-11-3-5-12(9-16)6-4-11/h3-7,16H,8-9H2,1-2H3,(H2,14,15,17). The van der Waals surface area contributed by atoms with Crippen molar-refractivity contribution < 1.29 is 9.90 Å². The van der Waals surface area contributed by atoms with Crippen LogP contribution in [0.15, 0.2) is 36.0 Å². The molecular formula is C13H18N2O2. The van der Waals surface area contributed by atoms with Gasteiger partial charge in [-0.3, -0.25) is 0 Å². The van der Waals surface area contributed by atoms with Gasteiger partial charge in [0, 0.05) is 12.7 Å². The van der Waals surface area contributed by atoms with E-state index in [1.807, 2.05) is 38.1 Å². The molecule has 1 aromatic rings. The van der Waals surface area contributed by atoms with Crippen molar-refractivity contribution in [3.63, 3.8) is 0 Å². The van der Waals surface area contributed by atoms with Crippen molar-refractivity contribution in [2.75, 3.05) is 0 Å². The van der Waals surface area contributed by atoms with Crippen molar-refractivity contribution >= 4 is 6.03 Å². The lowest BCUT2D eigenvalue weighted by molar-refractivity contribution is 0.243. The number of carbonyl (C=O) groups is 1. The Labute approximate surface area is 101 Å². The van der Waals surface area contributed by atoms with Gasteiger partial charge in [0.1, 0.15) is 0 Å². The summed E-state index contributed by atoms with van der Waals surface area (Å²) in [5.41, 5.74) is 2.89. The SMILES string of the molecule is CC(C)=CNC(=O)NCc1ccc(CO)cc1. The molecule has 0 aliphatic rings. The van der Waals surface area contributed by atoms with Gasteiger partial charge in [-0.05, 0) is 25.0 Å². The van der Waals surface area contributed by atoms with Crippen molar-refractivity contribution in [2.45, 2.75) is 27.0 Å². The van der Waals surface area contributed by atoms with Crippen LogP contribution in [0.25, 0.3) is 0 Å².